The fourth-order valence-corrected chi connectivity index (χ4v) is 2.66. The van der Waals surface area contributed by atoms with Gasteiger partial charge in [-0.05, 0) is 31.7 Å². The van der Waals surface area contributed by atoms with Crippen molar-refractivity contribution in [3.63, 3.8) is 0 Å². The summed E-state index contributed by atoms with van der Waals surface area (Å²) in [5.74, 6) is 0.758. The van der Waals surface area contributed by atoms with Gasteiger partial charge in [0.1, 0.15) is 5.75 Å². The summed E-state index contributed by atoms with van der Waals surface area (Å²) in [6.45, 7) is 4.54. The largest absolute Gasteiger partial charge is 0.497 e. The molecule has 0 heterocycles. The van der Waals surface area contributed by atoms with Crippen LogP contribution in [0.15, 0.2) is 24.3 Å². The second-order valence-corrected chi connectivity index (χ2v) is 5.54. The van der Waals surface area contributed by atoms with Crippen LogP contribution < -0.4 is 15.8 Å². The standard InChI is InChI=1S/C16H27N3O2/c1-11(16(20)18-3)10-19(4)15(12(2)17)13-7-6-8-14(9-13)21-5/h6-9,11-12,15H,10,17H2,1-5H3,(H,18,20). The minimum absolute atomic E-state index is 0.0345. The van der Waals surface area contributed by atoms with Gasteiger partial charge in [-0.3, -0.25) is 9.69 Å². The Morgan fingerprint density at radius 1 is 1.43 bits per heavy atom. The lowest BCUT2D eigenvalue weighted by atomic mass is 9.98. The SMILES string of the molecule is CNC(=O)C(C)CN(C)C(c1cccc(OC)c1)C(C)N. The minimum Gasteiger partial charge on any atom is -0.497 e. The number of hydrogen-bond acceptors (Lipinski definition) is 4. The van der Waals surface area contributed by atoms with Gasteiger partial charge < -0.3 is 15.8 Å². The highest BCUT2D eigenvalue weighted by Crippen LogP contribution is 2.26. The third-order valence-electron chi connectivity index (χ3n) is 3.66. The summed E-state index contributed by atoms with van der Waals surface area (Å²) < 4.78 is 5.28. The monoisotopic (exact) mass is 293 g/mol. The van der Waals surface area contributed by atoms with Gasteiger partial charge in [-0.2, -0.15) is 0 Å². The van der Waals surface area contributed by atoms with Crippen molar-refractivity contribution in [2.24, 2.45) is 11.7 Å². The van der Waals surface area contributed by atoms with Crippen LogP contribution in [0, 0.1) is 5.92 Å². The number of nitrogens with zero attached hydrogens (tertiary/aromatic N) is 1. The van der Waals surface area contributed by atoms with E-state index in [9.17, 15) is 4.79 Å². The first kappa shape index (κ1) is 17.5. The Morgan fingerprint density at radius 2 is 2.10 bits per heavy atom. The van der Waals surface area contributed by atoms with Crippen molar-refractivity contribution in [3.05, 3.63) is 29.8 Å². The molecule has 3 atom stereocenters. The lowest BCUT2D eigenvalue weighted by molar-refractivity contribution is -0.124. The molecule has 3 N–H and O–H groups in total. The Morgan fingerprint density at radius 3 is 2.62 bits per heavy atom. The second kappa shape index (κ2) is 8.00. The van der Waals surface area contributed by atoms with E-state index in [1.807, 2.05) is 45.2 Å². The number of amides is 1. The second-order valence-electron chi connectivity index (χ2n) is 5.54. The van der Waals surface area contributed by atoms with E-state index in [1.165, 1.54) is 0 Å². The summed E-state index contributed by atoms with van der Waals surface area (Å²) >= 11 is 0. The molecule has 118 valence electrons. The van der Waals surface area contributed by atoms with Gasteiger partial charge in [0.05, 0.1) is 7.11 Å². The maximum absolute atomic E-state index is 11.7. The molecule has 1 rings (SSSR count). The molecular weight excluding hydrogens is 266 g/mol. The number of likely N-dealkylation sites (N-methyl/N-ethyl adjacent to an activating group) is 1. The van der Waals surface area contributed by atoms with Crippen LogP contribution in [0.2, 0.25) is 0 Å². The van der Waals surface area contributed by atoms with E-state index in [0.717, 1.165) is 11.3 Å². The molecule has 1 amide bonds. The number of benzene rings is 1. The molecule has 0 radical (unpaired) electrons. The maximum atomic E-state index is 11.7. The third-order valence-corrected chi connectivity index (χ3v) is 3.66. The third kappa shape index (κ3) is 4.72. The average Bonchev–Trinajstić information content (AvgIpc) is 2.46. The topological polar surface area (TPSA) is 67.6 Å². The van der Waals surface area contributed by atoms with E-state index >= 15 is 0 Å². The summed E-state index contributed by atoms with van der Waals surface area (Å²) in [7, 11) is 5.30. The first-order chi connectivity index (χ1) is 9.90. The molecule has 0 aliphatic heterocycles. The quantitative estimate of drug-likeness (QED) is 0.797. The molecule has 0 saturated carbocycles. The van der Waals surface area contributed by atoms with Gasteiger partial charge in [-0.15, -0.1) is 0 Å². The van der Waals surface area contributed by atoms with Gasteiger partial charge in [0.25, 0.3) is 0 Å². The molecule has 0 aromatic heterocycles. The Labute approximate surface area is 127 Å². The van der Waals surface area contributed by atoms with Gasteiger partial charge >= 0.3 is 0 Å². The molecule has 0 aliphatic carbocycles. The van der Waals surface area contributed by atoms with Gasteiger partial charge in [0.2, 0.25) is 5.91 Å². The molecule has 1 aromatic carbocycles. The summed E-state index contributed by atoms with van der Waals surface area (Å²) in [6.07, 6.45) is 0. The minimum atomic E-state index is -0.0909. The van der Waals surface area contributed by atoms with E-state index in [2.05, 4.69) is 10.2 Å². The van der Waals surface area contributed by atoms with Crippen LogP contribution in [-0.4, -0.2) is 44.6 Å². The summed E-state index contributed by atoms with van der Waals surface area (Å²) in [6, 6.07) is 7.88. The van der Waals surface area contributed by atoms with Crippen molar-refractivity contribution in [2.75, 3.05) is 27.7 Å². The summed E-state index contributed by atoms with van der Waals surface area (Å²) in [5, 5.41) is 2.68. The predicted molar refractivity (Wildman–Crippen MR) is 85.2 cm³/mol. The van der Waals surface area contributed by atoms with Crippen molar-refractivity contribution in [3.8, 4) is 5.75 Å². The zero-order chi connectivity index (χ0) is 16.0. The smallest absolute Gasteiger partial charge is 0.223 e. The van der Waals surface area contributed by atoms with Gasteiger partial charge in [0, 0.05) is 31.6 Å². The molecule has 1 aromatic rings. The van der Waals surface area contributed by atoms with Crippen molar-refractivity contribution >= 4 is 5.91 Å². The zero-order valence-corrected chi connectivity index (χ0v) is 13.6. The number of hydrogen-bond donors (Lipinski definition) is 2. The van der Waals surface area contributed by atoms with Crippen LogP contribution in [0.3, 0.4) is 0 Å². The molecule has 3 unspecified atom stereocenters. The zero-order valence-electron chi connectivity index (χ0n) is 13.6. The highest BCUT2D eigenvalue weighted by molar-refractivity contribution is 5.78. The van der Waals surface area contributed by atoms with E-state index < -0.39 is 0 Å². The molecular formula is C16H27N3O2. The van der Waals surface area contributed by atoms with Gasteiger partial charge in [-0.25, -0.2) is 0 Å². The lowest BCUT2D eigenvalue weighted by Gasteiger charge is -2.33. The van der Waals surface area contributed by atoms with Gasteiger partial charge in [-0.1, -0.05) is 19.1 Å². The molecule has 21 heavy (non-hydrogen) atoms. The number of nitrogens with two attached hydrogens (primary N) is 1. The Hall–Kier alpha value is -1.59. The normalized spacial score (nSPS) is 15.4. The average molecular weight is 293 g/mol. The lowest BCUT2D eigenvalue weighted by Crippen LogP contribution is -2.41. The van der Waals surface area contributed by atoms with Gasteiger partial charge in [0.15, 0.2) is 0 Å². The first-order valence-electron chi connectivity index (χ1n) is 7.22. The fourth-order valence-electron chi connectivity index (χ4n) is 2.66. The molecule has 0 saturated heterocycles. The number of carbonyl (C=O) groups is 1. The Balaban J connectivity index is 2.92. The number of carbonyl (C=O) groups excluding carboxylic acids is 1. The highest BCUT2D eigenvalue weighted by atomic mass is 16.5. The molecule has 0 bridgehead atoms. The van der Waals surface area contributed by atoms with Crippen molar-refractivity contribution < 1.29 is 9.53 Å². The Bertz CT molecular complexity index is 463. The molecule has 0 fully saturated rings. The van der Waals surface area contributed by atoms with Crippen molar-refractivity contribution in [1.82, 2.24) is 10.2 Å². The van der Waals surface area contributed by atoms with Crippen LogP contribution in [0.4, 0.5) is 0 Å². The van der Waals surface area contributed by atoms with E-state index in [0.29, 0.717) is 6.54 Å². The highest BCUT2D eigenvalue weighted by Gasteiger charge is 2.24. The summed E-state index contributed by atoms with van der Waals surface area (Å²) in [5.41, 5.74) is 7.26. The van der Waals surface area contributed by atoms with Crippen LogP contribution in [-0.2, 0) is 4.79 Å². The van der Waals surface area contributed by atoms with Crippen LogP contribution in [0.5, 0.6) is 5.75 Å². The predicted octanol–water partition coefficient (Wildman–Crippen LogP) is 1.40. The van der Waals surface area contributed by atoms with Crippen molar-refractivity contribution in [2.45, 2.75) is 25.9 Å². The Kier molecular flexibility index (Phi) is 6.65. The maximum Gasteiger partial charge on any atom is 0.223 e. The number of rotatable bonds is 7. The number of methoxy groups -OCH3 is 1. The van der Waals surface area contributed by atoms with Crippen LogP contribution >= 0.6 is 0 Å². The van der Waals surface area contributed by atoms with Crippen LogP contribution in [0.1, 0.15) is 25.5 Å². The van der Waals surface area contributed by atoms with Crippen LogP contribution in [0.25, 0.3) is 0 Å². The molecule has 5 heteroatoms. The van der Waals surface area contributed by atoms with Crippen molar-refractivity contribution in [1.29, 1.82) is 0 Å². The van der Waals surface area contributed by atoms with E-state index in [-0.39, 0.29) is 23.9 Å². The summed E-state index contributed by atoms with van der Waals surface area (Å²) in [4.78, 5) is 13.8. The fraction of sp³-hybridized carbons (Fsp3) is 0.562. The number of nitrogens with one attached hydrogen (secondary N) is 1. The van der Waals surface area contributed by atoms with E-state index in [1.54, 1.807) is 14.2 Å². The van der Waals surface area contributed by atoms with E-state index in [4.69, 9.17) is 10.5 Å². The number of ether oxygens (including phenoxy) is 1. The molecule has 5 nitrogen and oxygen atoms in total. The first-order valence-corrected chi connectivity index (χ1v) is 7.22. The molecule has 0 aliphatic rings. The molecule has 0 spiro atoms.